The van der Waals surface area contributed by atoms with Crippen LogP contribution in [0.3, 0.4) is 0 Å². The minimum atomic E-state index is -0.276. The molecule has 0 spiro atoms. The Kier molecular flexibility index (Phi) is 7.47. The van der Waals surface area contributed by atoms with Crippen molar-refractivity contribution in [3.05, 3.63) is 24.3 Å². The number of carbonyl (C=O) groups excluding carboxylic acids is 3. The molecule has 32 heavy (non-hydrogen) atoms. The van der Waals surface area contributed by atoms with Gasteiger partial charge in [0.05, 0.1) is 12.0 Å². The molecule has 2 atom stereocenters. The summed E-state index contributed by atoms with van der Waals surface area (Å²) in [6, 6.07) is 6.83. The number of amides is 5. The highest BCUT2D eigenvalue weighted by Crippen LogP contribution is 2.22. The van der Waals surface area contributed by atoms with E-state index in [1.165, 1.54) is 0 Å². The van der Waals surface area contributed by atoms with Gasteiger partial charge >= 0.3 is 12.1 Å². The van der Waals surface area contributed by atoms with Gasteiger partial charge in [-0.3, -0.25) is 4.79 Å². The Labute approximate surface area is 188 Å². The van der Waals surface area contributed by atoms with E-state index < -0.39 is 0 Å². The SMILES string of the molecule is O=C(NC[C@@H]1CCCO1)Nc1ccc(NC(=O)[C@@H]2CCCN(C(=O)N3CCCC3)C2)cc1. The number of benzene rings is 1. The van der Waals surface area contributed by atoms with Crippen LogP contribution < -0.4 is 16.0 Å². The van der Waals surface area contributed by atoms with Gasteiger partial charge < -0.3 is 30.5 Å². The molecule has 5 amide bonds. The van der Waals surface area contributed by atoms with Crippen LogP contribution in [-0.2, 0) is 9.53 Å². The van der Waals surface area contributed by atoms with Crippen LogP contribution in [0.4, 0.5) is 21.0 Å². The Bertz CT molecular complexity index is 803. The first-order valence-electron chi connectivity index (χ1n) is 11.7. The lowest BCUT2D eigenvalue weighted by Gasteiger charge is -2.34. The molecule has 0 unspecified atom stereocenters. The summed E-state index contributed by atoms with van der Waals surface area (Å²) in [7, 11) is 0. The van der Waals surface area contributed by atoms with E-state index in [-0.39, 0.29) is 30.0 Å². The fourth-order valence-electron chi connectivity index (χ4n) is 4.54. The van der Waals surface area contributed by atoms with Crippen molar-refractivity contribution in [2.75, 3.05) is 50.0 Å². The minimum absolute atomic E-state index is 0.0631. The second-order valence-electron chi connectivity index (χ2n) is 8.80. The van der Waals surface area contributed by atoms with Crippen LogP contribution in [0.2, 0.25) is 0 Å². The Morgan fingerprint density at radius 3 is 2.25 bits per heavy atom. The zero-order chi connectivity index (χ0) is 22.3. The second kappa shape index (κ2) is 10.7. The Morgan fingerprint density at radius 2 is 1.56 bits per heavy atom. The molecular formula is C23H33N5O4. The van der Waals surface area contributed by atoms with E-state index in [0.29, 0.717) is 31.0 Å². The average Bonchev–Trinajstić information content (AvgIpc) is 3.53. The molecule has 0 bridgehead atoms. The van der Waals surface area contributed by atoms with Crippen LogP contribution in [-0.4, -0.2) is 73.2 Å². The maximum Gasteiger partial charge on any atom is 0.320 e. The number of hydrogen-bond donors (Lipinski definition) is 3. The zero-order valence-corrected chi connectivity index (χ0v) is 18.5. The van der Waals surface area contributed by atoms with Crippen LogP contribution in [0.1, 0.15) is 38.5 Å². The molecule has 3 saturated heterocycles. The molecule has 1 aromatic carbocycles. The van der Waals surface area contributed by atoms with Crippen molar-refractivity contribution in [2.24, 2.45) is 5.92 Å². The van der Waals surface area contributed by atoms with Gasteiger partial charge in [0.15, 0.2) is 0 Å². The van der Waals surface area contributed by atoms with Crippen molar-refractivity contribution in [2.45, 2.75) is 44.6 Å². The van der Waals surface area contributed by atoms with E-state index in [1.807, 2.05) is 9.80 Å². The molecule has 0 radical (unpaired) electrons. The molecule has 0 aliphatic carbocycles. The Hall–Kier alpha value is -2.81. The summed E-state index contributed by atoms with van der Waals surface area (Å²) in [5, 5.41) is 8.55. The van der Waals surface area contributed by atoms with Gasteiger partial charge in [0.1, 0.15) is 0 Å². The van der Waals surface area contributed by atoms with E-state index >= 15 is 0 Å². The highest BCUT2D eigenvalue weighted by atomic mass is 16.5. The topological polar surface area (TPSA) is 103 Å². The van der Waals surface area contributed by atoms with E-state index in [4.69, 9.17) is 4.74 Å². The highest BCUT2D eigenvalue weighted by Gasteiger charge is 2.31. The van der Waals surface area contributed by atoms with E-state index in [2.05, 4.69) is 16.0 Å². The molecule has 3 fully saturated rings. The standard InChI is InChI=1S/C23H33N5O4/c29-21(17-5-3-13-28(16-17)23(31)27-11-1-2-12-27)25-18-7-9-19(10-8-18)26-22(30)24-15-20-6-4-14-32-20/h7-10,17,20H,1-6,11-16H2,(H,25,29)(H2,24,26,30)/t17-,20+/m1/s1. The number of piperidine rings is 1. The number of nitrogens with zero attached hydrogens (tertiary/aromatic N) is 2. The van der Waals surface area contributed by atoms with Gasteiger partial charge in [-0.05, 0) is 62.8 Å². The van der Waals surface area contributed by atoms with Crippen molar-refractivity contribution in [1.82, 2.24) is 15.1 Å². The normalized spacial score (nSPS) is 23.1. The van der Waals surface area contributed by atoms with Crippen LogP contribution >= 0.6 is 0 Å². The molecule has 1 aromatic rings. The quantitative estimate of drug-likeness (QED) is 0.651. The molecule has 0 aromatic heterocycles. The minimum Gasteiger partial charge on any atom is -0.376 e. The molecule has 174 valence electrons. The van der Waals surface area contributed by atoms with Crippen molar-refractivity contribution < 1.29 is 19.1 Å². The molecular weight excluding hydrogens is 410 g/mol. The average molecular weight is 444 g/mol. The first kappa shape index (κ1) is 22.4. The fourth-order valence-corrected chi connectivity index (χ4v) is 4.54. The van der Waals surface area contributed by atoms with Crippen LogP contribution in [0, 0.1) is 5.92 Å². The summed E-state index contributed by atoms with van der Waals surface area (Å²) in [6.07, 6.45) is 5.84. The van der Waals surface area contributed by atoms with Gasteiger partial charge in [0, 0.05) is 50.7 Å². The Balaban J connectivity index is 1.23. The molecule has 0 saturated carbocycles. The third-order valence-electron chi connectivity index (χ3n) is 6.36. The number of urea groups is 2. The first-order valence-corrected chi connectivity index (χ1v) is 11.7. The van der Waals surface area contributed by atoms with E-state index in [9.17, 15) is 14.4 Å². The van der Waals surface area contributed by atoms with Crippen LogP contribution in [0.25, 0.3) is 0 Å². The number of likely N-dealkylation sites (tertiary alicyclic amines) is 2. The lowest BCUT2D eigenvalue weighted by molar-refractivity contribution is -0.121. The van der Waals surface area contributed by atoms with Gasteiger partial charge in [-0.25, -0.2) is 9.59 Å². The predicted octanol–water partition coefficient (Wildman–Crippen LogP) is 2.85. The van der Waals surface area contributed by atoms with Crippen molar-refractivity contribution in [3.63, 3.8) is 0 Å². The predicted molar refractivity (Wildman–Crippen MR) is 122 cm³/mol. The number of ether oxygens (including phenoxy) is 1. The molecule has 3 N–H and O–H groups in total. The fraction of sp³-hybridized carbons (Fsp3) is 0.609. The number of nitrogens with one attached hydrogen (secondary N) is 3. The van der Waals surface area contributed by atoms with Gasteiger partial charge in [0.25, 0.3) is 0 Å². The number of hydrogen-bond acceptors (Lipinski definition) is 4. The molecule has 3 aliphatic heterocycles. The number of anilines is 2. The summed E-state index contributed by atoms with van der Waals surface area (Å²) < 4.78 is 5.49. The summed E-state index contributed by atoms with van der Waals surface area (Å²) in [5.41, 5.74) is 1.32. The number of rotatable bonds is 5. The molecule has 9 heteroatoms. The lowest BCUT2D eigenvalue weighted by Crippen LogP contribution is -2.48. The van der Waals surface area contributed by atoms with E-state index in [0.717, 1.165) is 58.2 Å². The van der Waals surface area contributed by atoms with Gasteiger partial charge in [-0.2, -0.15) is 0 Å². The largest absolute Gasteiger partial charge is 0.376 e. The first-order chi connectivity index (χ1) is 15.6. The molecule has 3 heterocycles. The van der Waals surface area contributed by atoms with Crippen molar-refractivity contribution in [1.29, 1.82) is 0 Å². The zero-order valence-electron chi connectivity index (χ0n) is 18.5. The van der Waals surface area contributed by atoms with E-state index in [1.54, 1.807) is 24.3 Å². The molecule has 3 aliphatic rings. The second-order valence-corrected chi connectivity index (χ2v) is 8.80. The van der Waals surface area contributed by atoms with Gasteiger partial charge in [0.2, 0.25) is 5.91 Å². The van der Waals surface area contributed by atoms with Crippen LogP contribution in [0.15, 0.2) is 24.3 Å². The van der Waals surface area contributed by atoms with Gasteiger partial charge in [-0.1, -0.05) is 0 Å². The van der Waals surface area contributed by atoms with Crippen molar-refractivity contribution >= 4 is 29.3 Å². The molecule has 4 rings (SSSR count). The Morgan fingerprint density at radius 1 is 0.875 bits per heavy atom. The maximum atomic E-state index is 12.8. The summed E-state index contributed by atoms with van der Waals surface area (Å²) >= 11 is 0. The third-order valence-corrected chi connectivity index (χ3v) is 6.36. The van der Waals surface area contributed by atoms with Gasteiger partial charge in [-0.15, -0.1) is 0 Å². The lowest BCUT2D eigenvalue weighted by atomic mass is 9.97. The summed E-state index contributed by atoms with van der Waals surface area (Å²) in [6.45, 7) is 4.07. The maximum absolute atomic E-state index is 12.8. The summed E-state index contributed by atoms with van der Waals surface area (Å²) in [4.78, 5) is 41.2. The smallest absolute Gasteiger partial charge is 0.320 e. The van der Waals surface area contributed by atoms with Crippen LogP contribution in [0.5, 0.6) is 0 Å². The number of carbonyl (C=O) groups is 3. The monoisotopic (exact) mass is 443 g/mol. The molecule has 9 nitrogen and oxygen atoms in total. The summed E-state index contributed by atoms with van der Waals surface area (Å²) in [5.74, 6) is -0.282. The van der Waals surface area contributed by atoms with Crippen molar-refractivity contribution in [3.8, 4) is 0 Å². The highest BCUT2D eigenvalue weighted by molar-refractivity contribution is 5.94. The third kappa shape index (κ3) is 5.91.